The summed E-state index contributed by atoms with van der Waals surface area (Å²) in [6, 6.07) is 7.94. The summed E-state index contributed by atoms with van der Waals surface area (Å²) < 4.78 is 0. The molecule has 15 heavy (non-hydrogen) atoms. The van der Waals surface area contributed by atoms with Gasteiger partial charge in [0.25, 0.3) is 0 Å². The number of hydrogen-bond donors (Lipinski definition) is 1. The lowest BCUT2D eigenvalue weighted by molar-refractivity contribution is 1.23. The molecule has 0 atom stereocenters. The van der Waals surface area contributed by atoms with Gasteiger partial charge >= 0.3 is 0 Å². The summed E-state index contributed by atoms with van der Waals surface area (Å²) in [7, 11) is 0. The molecule has 0 saturated heterocycles. The number of nitrogens with zero attached hydrogens (tertiary/aromatic N) is 1. The van der Waals surface area contributed by atoms with Crippen molar-refractivity contribution in [3.05, 3.63) is 41.1 Å². The fourth-order valence-electron chi connectivity index (χ4n) is 1.72. The van der Waals surface area contributed by atoms with E-state index in [2.05, 4.69) is 18.0 Å². The van der Waals surface area contributed by atoms with Gasteiger partial charge in [0, 0.05) is 16.6 Å². The first kappa shape index (κ1) is 10.1. The SMILES string of the molecule is Cc1cc(C)c2cc(C(N)=S)ccc2n1. The van der Waals surface area contributed by atoms with Crippen LogP contribution in [0.1, 0.15) is 16.8 Å². The Labute approximate surface area is 94.1 Å². The van der Waals surface area contributed by atoms with Gasteiger partial charge in [0.15, 0.2) is 0 Å². The molecular formula is C12H12N2S. The maximum absolute atomic E-state index is 5.60. The molecule has 0 amide bonds. The largest absolute Gasteiger partial charge is 0.389 e. The summed E-state index contributed by atoms with van der Waals surface area (Å²) in [4.78, 5) is 4.88. The summed E-state index contributed by atoms with van der Waals surface area (Å²) in [6.07, 6.45) is 0. The summed E-state index contributed by atoms with van der Waals surface area (Å²) in [5.41, 5.74) is 9.72. The lowest BCUT2D eigenvalue weighted by Gasteiger charge is -2.05. The van der Waals surface area contributed by atoms with Crippen LogP contribution in [0.4, 0.5) is 0 Å². The molecule has 2 nitrogen and oxygen atoms in total. The number of benzene rings is 1. The van der Waals surface area contributed by atoms with E-state index in [1.807, 2.05) is 25.1 Å². The van der Waals surface area contributed by atoms with Crippen molar-refractivity contribution in [3.8, 4) is 0 Å². The van der Waals surface area contributed by atoms with E-state index >= 15 is 0 Å². The number of fused-ring (bicyclic) bond motifs is 1. The normalized spacial score (nSPS) is 10.5. The molecule has 1 aromatic heterocycles. The average Bonchev–Trinajstić information content (AvgIpc) is 2.16. The van der Waals surface area contributed by atoms with Crippen LogP contribution in [0.5, 0.6) is 0 Å². The van der Waals surface area contributed by atoms with E-state index in [1.54, 1.807) is 0 Å². The van der Waals surface area contributed by atoms with Crippen molar-refractivity contribution in [2.75, 3.05) is 0 Å². The van der Waals surface area contributed by atoms with E-state index in [0.717, 1.165) is 22.2 Å². The van der Waals surface area contributed by atoms with Gasteiger partial charge in [-0.15, -0.1) is 0 Å². The fourth-order valence-corrected chi connectivity index (χ4v) is 1.84. The van der Waals surface area contributed by atoms with Crippen LogP contribution in [-0.2, 0) is 0 Å². The molecule has 0 aliphatic rings. The lowest BCUT2D eigenvalue weighted by Crippen LogP contribution is -2.09. The van der Waals surface area contributed by atoms with Crippen LogP contribution in [-0.4, -0.2) is 9.97 Å². The van der Waals surface area contributed by atoms with Crippen LogP contribution in [0.2, 0.25) is 0 Å². The number of hydrogen-bond acceptors (Lipinski definition) is 2. The van der Waals surface area contributed by atoms with Crippen molar-refractivity contribution in [2.45, 2.75) is 13.8 Å². The number of aromatic nitrogens is 1. The minimum absolute atomic E-state index is 0.428. The van der Waals surface area contributed by atoms with Crippen LogP contribution in [0.15, 0.2) is 24.3 Å². The van der Waals surface area contributed by atoms with Gasteiger partial charge in [-0.05, 0) is 43.7 Å². The molecule has 0 spiro atoms. The van der Waals surface area contributed by atoms with E-state index in [0.29, 0.717) is 4.99 Å². The molecule has 0 saturated carbocycles. The van der Waals surface area contributed by atoms with Gasteiger partial charge in [0.2, 0.25) is 0 Å². The minimum Gasteiger partial charge on any atom is -0.389 e. The van der Waals surface area contributed by atoms with Crippen LogP contribution in [0.25, 0.3) is 10.9 Å². The maximum Gasteiger partial charge on any atom is 0.104 e. The minimum atomic E-state index is 0.428. The molecule has 2 N–H and O–H groups in total. The molecule has 0 aliphatic carbocycles. The second kappa shape index (κ2) is 3.59. The fraction of sp³-hybridized carbons (Fsp3) is 0.167. The molecule has 0 unspecified atom stereocenters. The van der Waals surface area contributed by atoms with Crippen molar-refractivity contribution in [1.29, 1.82) is 0 Å². The zero-order valence-corrected chi connectivity index (χ0v) is 9.56. The molecular weight excluding hydrogens is 204 g/mol. The predicted molar refractivity (Wildman–Crippen MR) is 67.1 cm³/mol. The van der Waals surface area contributed by atoms with Crippen molar-refractivity contribution in [3.63, 3.8) is 0 Å². The highest BCUT2D eigenvalue weighted by Gasteiger charge is 2.03. The van der Waals surface area contributed by atoms with E-state index in [9.17, 15) is 0 Å². The van der Waals surface area contributed by atoms with Crippen molar-refractivity contribution in [1.82, 2.24) is 4.98 Å². The van der Waals surface area contributed by atoms with Crippen LogP contribution in [0.3, 0.4) is 0 Å². The molecule has 1 aromatic carbocycles. The molecule has 1 heterocycles. The first-order valence-electron chi connectivity index (χ1n) is 4.76. The van der Waals surface area contributed by atoms with Crippen LogP contribution in [0, 0.1) is 13.8 Å². The van der Waals surface area contributed by atoms with Gasteiger partial charge in [-0.25, -0.2) is 0 Å². The first-order valence-corrected chi connectivity index (χ1v) is 5.16. The summed E-state index contributed by atoms with van der Waals surface area (Å²) in [5.74, 6) is 0. The third-order valence-electron chi connectivity index (χ3n) is 2.43. The van der Waals surface area contributed by atoms with Gasteiger partial charge in [0.05, 0.1) is 5.52 Å². The zero-order chi connectivity index (χ0) is 11.0. The van der Waals surface area contributed by atoms with Crippen LogP contribution < -0.4 is 5.73 Å². The van der Waals surface area contributed by atoms with E-state index in [-0.39, 0.29) is 0 Å². The molecule has 0 fully saturated rings. The van der Waals surface area contributed by atoms with Crippen molar-refractivity contribution in [2.24, 2.45) is 5.73 Å². The number of nitrogens with two attached hydrogens (primary N) is 1. The highest BCUT2D eigenvalue weighted by atomic mass is 32.1. The molecule has 76 valence electrons. The van der Waals surface area contributed by atoms with E-state index < -0.39 is 0 Å². The Morgan fingerprint density at radius 3 is 2.67 bits per heavy atom. The Balaban J connectivity index is 2.76. The topological polar surface area (TPSA) is 38.9 Å². The lowest BCUT2D eigenvalue weighted by atomic mass is 10.1. The third kappa shape index (κ3) is 1.83. The van der Waals surface area contributed by atoms with Crippen molar-refractivity contribution < 1.29 is 0 Å². The number of aryl methyl sites for hydroxylation is 2. The molecule has 0 aliphatic heterocycles. The highest BCUT2D eigenvalue weighted by molar-refractivity contribution is 7.80. The maximum atomic E-state index is 5.60. The smallest absolute Gasteiger partial charge is 0.104 e. The monoisotopic (exact) mass is 216 g/mol. The summed E-state index contributed by atoms with van der Waals surface area (Å²) >= 11 is 4.95. The standard InChI is InChI=1S/C12H12N2S/c1-7-5-8(2)14-11-4-3-9(12(13)15)6-10(7)11/h3-6H,1-2H3,(H2,13,15). The molecule has 2 rings (SSSR count). The Kier molecular flexibility index (Phi) is 2.40. The molecule has 0 bridgehead atoms. The van der Waals surface area contributed by atoms with E-state index in [4.69, 9.17) is 18.0 Å². The number of thiocarbonyl (C=S) groups is 1. The van der Waals surface area contributed by atoms with Gasteiger partial charge < -0.3 is 5.73 Å². The Bertz CT molecular complexity index is 547. The van der Waals surface area contributed by atoms with Crippen molar-refractivity contribution >= 4 is 28.1 Å². The van der Waals surface area contributed by atoms with Gasteiger partial charge in [-0.1, -0.05) is 12.2 Å². The zero-order valence-electron chi connectivity index (χ0n) is 8.74. The second-order valence-corrected chi connectivity index (χ2v) is 4.12. The second-order valence-electron chi connectivity index (χ2n) is 3.68. The predicted octanol–water partition coefficient (Wildman–Crippen LogP) is 2.49. The summed E-state index contributed by atoms with van der Waals surface area (Å²) in [5, 5.41) is 1.12. The number of rotatable bonds is 1. The molecule has 0 radical (unpaired) electrons. The van der Waals surface area contributed by atoms with Gasteiger partial charge in [-0.3, -0.25) is 4.98 Å². The number of pyridine rings is 1. The summed E-state index contributed by atoms with van der Waals surface area (Å²) in [6.45, 7) is 4.06. The molecule has 2 aromatic rings. The molecule has 3 heteroatoms. The van der Waals surface area contributed by atoms with Gasteiger partial charge in [0.1, 0.15) is 4.99 Å². The third-order valence-corrected chi connectivity index (χ3v) is 2.66. The average molecular weight is 216 g/mol. The quantitative estimate of drug-likeness (QED) is 0.744. The van der Waals surface area contributed by atoms with Gasteiger partial charge in [-0.2, -0.15) is 0 Å². The highest BCUT2D eigenvalue weighted by Crippen LogP contribution is 2.19. The van der Waals surface area contributed by atoms with E-state index in [1.165, 1.54) is 5.56 Å². The first-order chi connectivity index (χ1) is 7.08. The Hall–Kier alpha value is -1.48. The Morgan fingerprint density at radius 2 is 2.00 bits per heavy atom. The van der Waals surface area contributed by atoms with Crippen LogP contribution >= 0.6 is 12.2 Å². The Morgan fingerprint density at radius 1 is 1.27 bits per heavy atom.